The monoisotopic (exact) mass is 274 g/mol. The SMILES string of the molecule is Cc1cc(C)c(OCCC(=O)C2CCCCC2)c(C)c1. The Labute approximate surface area is 122 Å². The molecule has 0 N–H and O–H groups in total. The van der Waals surface area contributed by atoms with Crippen molar-refractivity contribution in [3.05, 3.63) is 28.8 Å². The summed E-state index contributed by atoms with van der Waals surface area (Å²) in [5.41, 5.74) is 3.57. The first-order chi connectivity index (χ1) is 9.58. The van der Waals surface area contributed by atoms with Crippen LogP contribution in [0.3, 0.4) is 0 Å². The van der Waals surface area contributed by atoms with E-state index in [-0.39, 0.29) is 0 Å². The zero-order valence-electron chi connectivity index (χ0n) is 13.0. The summed E-state index contributed by atoms with van der Waals surface area (Å²) in [7, 11) is 0. The molecule has 0 amide bonds. The molecule has 1 aliphatic rings. The molecule has 1 aliphatic carbocycles. The first-order valence-electron chi connectivity index (χ1n) is 7.81. The summed E-state index contributed by atoms with van der Waals surface area (Å²) in [6.07, 6.45) is 6.45. The lowest BCUT2D eigenvalue weighted by atomic mass is 9.85. The Morgan fingerprint density at radius 1 is 1.10 bits per heavy atom. The lowest BCUT2D eigenvalue weighted by Gasteiger charge is -2.20. The topological polar surface area (TPSA) is 26.3 Å². The van der Waals surface area contributed by atoms with Crippen molar-refractivity contribution in [1.29, 1.82) is 0 Å². The number of hydrogen-bond donors (Lipinski definition) is 0. The van der Waals surface area contributed by atoms with E-state index in [1.165, 1.54) is 24.8 Å². The van der Waals surface area contributed by atoms with E-state index >= 15 is 0 Å². The molecule has 0 unspecified atom stereocenters. The largest absolute Gasteiger partial charge is 0.493 e. The van der Waals surface area contributed by atoms with Crippen LogP contribution in [0.2, 0.25) is 0 Å². The Kier molecular flexibility index (Phi) is 5.22. The molecule has 0 aliphatic heterocycles. The van der Waals surface area contributed by atoms with Gasteiger partial charge in [0.15, 0.2) is 0 Å². The summed E-state index contributed by atoms with van der Waals surface area (Å²) in [5.74, 6) is 1.65. The molecule has 0 atom stereocenters. The van der Waals surface area contributed by atoms with Crippen molar-refractivity contribution in [2.45, 2.75) is 59.3 Å². The van der Waals surface area contributed by atoms with E-state index < -0.39 is 0 Å². The fourth-order valence-electron chi connectivity index (χ4n) is 3.28. The molecule has 0 heterocycles. The standard InChI is InChI=1S/C18H26O2/c1-13-11-14(2)18(15(3)12-13)20-10-9-17(19)16-7-5-4-6-8-16/h11-12,16H,4-10H2,1-3H3. The lowest BCUT2D eigenvalue weighted by molar-refractivity contribution is -0.124. The molecule has 2 heteroatoms. The molecule has 0 spiro atoms. The van der Waals surface area contributed by atoms with Crippen molar-refractivity contribution in [3.8, 4) is 5.75 Å². The summed E-state index contributed by atoms with van der Waals surface area (Å²) >= 11 is 0. The van der Waals surface area contributed by atoms with E-state index in [2.05, 4.69) is 32.9 Å². The number of rotatable bonds is 5. The van der Waals surface area contributed by atoms with E-state index in [0.717, 1.165) is 29.7 Å². The summed E-state index contributed by atoms with van der Waals surface area (Å²) in [4.78, 5) is 12.1. The third kappa shape index (κ3) is 3.84. The average Bonchev–Trinajstić information content (AvgIpc) is 2.42. The highest BCUT2D eigenvalue weighted by molar-refractivity contribution is 5.81. The van der Waals surface area contributed by atoms with Gasteiger partial charge in [0, 0.05) is 12.3 Å². The van der Waals surface area contributed by atoms with Crippen LogP contribution in [0.1, 0.15) is 55.2 Å². The van der Waals surface area contributed by atoms with Gasteiger partial charge in [-0.2, -0.15) is 0 Å². The summed E-state index contributed by atoms with van der Waals surface area (Å²) in [6.45, 7) is 6.74. The quantitative estimate of drug-likeness (QED) is 0.788. The van der Waals surface area contributed by atoms with Gasteiger partial charge in [-0.15, -0.1) is 0 Å². The van der Waals surface area contributed by atoms with E-state index in [0.29, 0.717) is 24.7 Å². The molecule has 110 valence electrons. The highest BCUT2D eigenvalue weighted by Gasteiger charge is 2.20. The predicted octanol–water partition coefficient (Wildman–Crippen LogP) is 4.53. The minimum atomic E-state index is 0.299. The fourth-order valence-corrected chi connectivity index (χ4v) is 3.28. The Morgan fingerprint density at radius 3 is 2.30 bits per heavy atom. The molecule has 1 aromatic carbocycles. The van der Waals surface area contributed by atoms with Crippen molar-refractivity contribution in [1.82, 2.24) is 0 Å². The fraction of sp³-hybridized carbons (Fsp3) is 0.611. The van der Waals surface area contributed by atoms with E-state index in [1.54, 1.807) is 0 Å². The van der Waals surface area contributed by atoms with Crippen molar-refractivity contribution in [2.24, 2.45) is 5.92 Å². The zero-order chi connectivity index (χ0) is 14.5. The van der Waals surface area contributed by atoms with Crippen LogP contribution in [0, 0.1) is 26.7 Å². The summed E-state index contributed by atoms with van der Waals surface area (Å²) in [6, 6.07) is 4.26. The van der Waals surface area contributed by atoms with Gasteiger partial charge in [-0.3, -0.25) is 4.79 Å². The molecule has 1 saturated carbocycles. The van der Waals surface area contributed by atoms with Gasteiger partial charge >= 0.3 is 0 Å². The highest BCUT2D eigenvalue weighted by atomic mass is 16.5. The Hall–Kier alpha value is -1.31. The first kappa shape index (κ1) is 15.1. The third-order valence-corrected chi connectivity index (χ3v) is 4.26. The molecule has 0 bridgehead atoms. The van der Waals surface area contributed by atoms with Crippen molar-refractivity contribution in [3.63, 3.8) is 0 Å². The lowest BCUT2D eigenvalue weighted by Crippen LogP contribution is -2.19. The van der Waals surface area contributed by atoms with E-state index in [9.17, 15) is 4.79 Å². The van der Waals surface area contributed by atoms with Gasteiger partial charge < -0.3 is 4.74 Å². The van der Waals surface area contributed by atoms with Crippen LogP contribution < -0.4 is 4.74 Å². The number of ketones is 1. The van der Waals surface area contributed by atoms with Gasteiger partial charge in [-0.05, 0) is 44.7 Å². The second-order valence-electron chi connectivity index (χ2n) is 6.13. The van der Waals surface area contributed by atoms with Gasteiger partial charge in [0.1, 0.15) is 11.5 Å². The minimum Gasteiger partial charge on any atom is -0.493 e. The maximum Gasteiger partial charge on any atom is 0.139 e. The Balaban J connectivity index is 1.85. The molecule has 2 rings (SSSR count). The van der Waals surface area contributed by atoms with Gasteiger partial charge in [0.2, 0.25) is 0 Å². The molecular weight excluding hydrogens is 248 g/mol. The van der Waals surface area contributed by atoms with Crippen molar-refractivity contribution < 1.29 is 9.53 Å². The number of Topliss-reactive ketones (excluding diaryl/α,β-unsaturated/α-hetero) is 1. The van der Waals surface area contributed by atoms with Crippen LogP contribution in [0.5, 0.6) is 5.75 Å². The van der Waals surface area contributed by atoms with Gasteiger partial charge in [-0.1, -0.05) is 37.0 Å². The molecule has 0 saturated heterocycles. The number of aryl methyl sites for hydroxylation is 3. The number of benzene rings is 1. The van der Waals surface area contributed by atoms with Crippen LogP contribution in [-0.2, 0) is 4.79 Å². The summed E-state index contributed by atoms with van der Waals surface area (Å²) in [5, 5.41) is 0. The smallest absolute Gasteiger partial charge is 0.139 e. The Morgan fingerprint density at radius 2 is 1.70 bits per heavy atom. The summed E-state index contributed by atoms with van der Waals surface area (Å²) < 4.78 is 5.86. The second kappa shape index (κ2) is 6.92. The number of carbonyl (C=O) groups excluding carboxylic acids is 1. The van der Waals surface area contributed by atoms with Crippen molar-refractivity contribution >= 4 is 5.78 Å². The van der Waals surface area contributed by atoms with Crippen LogP contribution in [0.15, 0.2) is 12.1 Å². The molecule has 1 fully saturated rings. The second-order valence-corrected chi connectivity index (χ2v) is 6.13. The number of ether oxygens (including phenoxy) is 1. The molecular formula is C18H26O2. The van der Waals surface area contributed by atoms with Gasteiger partial charge in [-0.25, -0.2) is 0 Å². The van der Waals surface area contributed by atoms with Gasteiger partial charge in [0.25, 0.3) is 0 Å². The third-order valence-electron chi connectivity index (χ3n) is 4.26. The molecule has 0 aromatic heterocycles. The van der Waals surface area contributed by atoms with Crippen LogP contribution >= 0.6 is 0 Å². The van der Waals surface area contributed by atoms with E-state index in [1.807, 2.05) is 0 Å². The first-order valence-corrected chi connectivity index (χ1v) is 7.81. The number of carbonyl (C=O) groups is 1. The average molecular weight is 274 g/mol. The Bertz CT molecular complexity index is 447. The molecule has 0 radical (unpaired) electrons. The normalized spacial score (nSPS) is 16.1. The van der Waals surface area contributed by atoms with Crippen LogP contribution in [0.4, 0.5) is 0 Å². The van der Waals surface area contributed by atoms with Crippen LogP contribution in [-0.4, -0.2) is 12.4 Å². The van der Waals surface area contributed by atoms with Gasteiger partial charge in [0.05, 0.1) is 6.61 Å². The maximum absolute atomic E-state index is 12.1. The zero-order valence-corrected chi connectivity index (χ0v) is 13.0. The molecule has 1 aromatic rings. The molecule has 20 heavy (non-hydrogen) atoms. The maximum atomic E-state index is 12.1. The van der Waals surface area contributed by atoms with E-state index in [4.69, 9.17) is 4.74 Å². The van der Waals surface area contributed by atoms with Crippen molar-refractivity contribution in [2.75, 3.05) is 6.61 Å². The predicted molar refractivity (Wildman–Crippen MR) is 82.3 cm³/mol. The highest BCUT2D eigenvalue weighted by Crippen LogP contribution is 2.27. The molecule has 2 nitrogen and oxygen atoms in total. The number of hydrogen-bond acceptors (Lipinski definition) is 2. The minimum absolute atomic E-state index is 0.299. The van der Waals surface area contributed by atoms with Crippen LogP contribution in [0.25, 0.3) is 0 Å².